The van der Waals surface area contributed by atoms with Crippen molar-refractivity contribution < 1.29 is 9.18 Å². The molecule has 0 bridgehead atoms. The van der Waals surface area contributed by atoms with E-state index in [-0.39, 0.29) is 30.2 Å². The van der Waals surface area contributed by atoms with Crippen molar-refractivity contribution in [2.24, 2.45) is 11.7 Å². The van der Waals surface area contributed by atoms with E-state index in [1.54, 1.807) is 12.1 Å². The first-order chi connectivity index (χ1) is 13.0. The smallest absolute Gasteiger partial charge is 0.264 e. The molecule has 1 aliphatic rings. The first kappa shape index (κ1) is 20.8. The Kier molecular flexibility index (Phi) is 6.07. The van der Waals surface area contributed by atoms with Crippen molar-refractivity contribution in [1.82, 2.24) is 14.7 Å². The number of carbonyl (C=O) groups is 1. The third-order valence-corrected chi connectivity index (χ3v) is 6.46. The van der Waals surface area contributed by atoms with E-state index in [0.717, 1.165) is 39.3 Å². The first-order valence-electron chi connectivity index (χ1n) is 9.18. The van der Waals surface area contributed by atoms with E-state index >= 15 is 0 Å². The van der Waals surface area contributed by atoms with Crippen LogP contribution >= 0.6 is 23.7 Å². The zero-order chi connectivity index (χ0) is 19.1. The lowest BCUT2D eigenvalue weighted by Crippen LogP contribution is -2.33. The molecule has 2 aromatic heterocycles. The Morgan fingerprint density at radius 2 is 2.07 bits per heavy atom. The summed E-state index contributed by atoms with van der Waals surface area (Å²) in [6.07, 6.45) is 0.963. The second-order valence-electron chi connectivity index (χ2n) is 7.34. The van der Waals surface area contributed by atoms with Crippen molar-refractivity contribution in [1.29, 1.82) is 0 Å². The van der Waals surface area contributed by atoms with Crippen molar-refractivity contribution in [2.45, 2.75) is 32.9 Å². The monoisotopic (exact) mass is 422 g/mol. The maximum absolute atomic E-state index is 13.1. The highest BCUT2D eigenvalue weighted by Crippen LogP contribution is 2.32. The van der Waals surface area contributed by atoms with Crippen molar-refractivity contribution in [3.8, 4) is 0 Å². The number of nitrogens with two attached hydrogens (primary N) is 1. The second kappa shape index (κ2) is 8.19. The van der Waals surface area contributed by atoms with Crippen LogP contribution in [0.2, 0.25) is 0 Å². The molecule has 3 heterocycles. The number of thiophene rings is 1. The maximum Gasteiger partial charge on any atom is 0.264 e. The number of halogens is 2. The highest BCUT2D eigenvalue weighted by Gasteiger charge is 2.33. The minimum atomic E-state index is -0.250. The fraction of sp³-hybridized carbons (Fsp3) is 0.400. The van der Waals surface area contributed by atoms with Crippen molar-refractivity contribution in [3.05, 3.63) is 52.3 Å². The number of aromatic nitrogens is 2. The van der Waals surface area contributed by atoms with Gasteiger partial charge in [0.05, 0.1) is 17.1 Å². The predicted octanol–water partition coefficient (Wildman–Crippen LogP) is 3.82. The van der Waals surface area contributed by atoms with Crippen LogP contribution in [0.4, 0.5) is 4.39 Å². The molecular formula is C20H24ClFN4OS. The van der Waals surface area contributed by atoms with Crippen LogP contribution in [0.1, 0.15) is 34.3 Å². The Hall–Kier alpha value is -1.96. The van der Waals surface area contributed by atoms with E-state index in [0.29, 0.717) is 19.0 Å². The van der Waals surface area contributed by atoms with E-state index in [4.69, 9.17) is 5.73 Å². The number of aryl methyl sites for hydroxylation is 1. The summed E-state index contributed by atoms with van der Waals surface area (Å²) in [5.74, 6) is 0.210. The van der Waals surface area contributed by atoms with Gasteiger partial charge in [0.2, 0.25) is 0 Å². The summed E-state index contributed by atoms with van der Waals surface area (Å²) in [4.78, 5) is 16.7. The minimum Gasteiger partial charge on any atom is -0.335 e. The van der Waals surface area contributed by atoms with E-state index in [1.165, 1.54) is 23.5 Å². The lowest BCUT2D eigenvalue weighted by atomic mass is 10.1. The number of rotatable bonds is 4. The molecular weight excluding hydrogens is 399 g/mol. The number of carbonyl (C=O) groups excluding carboxylic acids is 1. The van der Waals surface area contributed by atoms with Crippen LogP contribution < -0.4 is 5.73 Å². The van der Waals surface area contributed by atoms with Gasteiger partial charge in [0.15, 0.2) is 0 Å². The summed E-state index contributed by atoms with van der Waals surface area (Å²) < 4.78 is 15.0. The molecule has 0 radical (unpaired) electrons. The molecule has 0 aliphatic carbocycles. The lowest BCUT2D eigenvalue weighted by molar-refractivity contribution is 0.0748. The largest absolute Gasteiger partial charge is 0.335 e. The van der Waals surface area contributed by atoms with E-state index in [2.05, 4.69) is 12.0 Å². The van der Waals surface area contributed by atoms with Gasteiger partial charge in [-0.15, -0.1) is 23.7 Å². The van der Waals surface area contributed by atoms with Gasteiger partial charge in [-0.05, 0) is 56.5 Å². The molecule has 2 N–H and O–H groups in total. The summed E-state index contributed by atoms with van der Waals surface area (Å²) in [6, 6.07) is 8.60. The lowest BCUT2D eigenvalue weighted by Gasteiger charge is -2.20. The zero-order valence-electron chi connectivity index (χ0n) is 15.9. The number of amides is 1. The van der Waals surface area contributed by atoms with Gasteiger partial charge in [-0.2, -0.15) is 5.10 Å². The molecule has 1 saturated heterocycles. The molecule has 1 fully saturated rings. The average molecular weight is 423 g/mol. The van der Waals surface area contributed by atoms with Crippen molar-refractivity contribution in [3.63, 3.8) is 0 Å². The van der Waals surface area contributed by atoms with Gasteiger partial charge >= 0.3 is 0 Å². The van der Waals surface area contributed by atoms with Crippen LogP contribution in [0.3, 0.4) is 0 Å². The predicted molar refractivity (Wildman–Crippen MR) is 113 cm³/mol. The number of hydrogen-bond donors (Lipinski definition) is 1. The van der Waals surface area contributed by atoms with Gasteiger partial charge < -0.3 is 10.6 Å². The van der Waals surface area contributed by atoms with E-state index in [9.17, 15) is 9.18 Å². The number of fused-ring (bicyclic) bond motifs is 1. The third-order valence-electron chi connectivity index (χ3n) is 5.32. The van der Waals surface area contributed by atoms with Gasteiger partial charge in [0, 0.05) is 18.0 Å². The second-order valence-corrected chi connectivity index (χ2v) is 8.37. The van der Waals surface area contributed by atoms with Gasteiger partial charge in [0.25, 0.3) is 5.91 Å². The summed E-state index contributed by atoms with van der Waals surface area (Å²) >= 11 is 1.48. The number of likely N-dealkylation sites (tertiary alicyclic amines) is 1. The topological polar surface area (TPSA) is 64.2 Å². The highest BCUT2D eigenvalue weighted by molar-refractivity contribution is 7.20. The van der Waals surface area contributed by atoms with Crippen LogP contribution in [0.15, 0.2) is 30.3 Å². The zero-order valence-corrected chi connectivity index (χ0v) is 17.5. The first-order valence-corrected chi connectivity index (χ1v) is 10.0. The molecule has 150 valence electrons. The van der Waals surface area contributed by atoms with Crippen molar-refractivity contribution in [2.75, 3.05) is 13.1 Å². The van der Waals surface area contributed by atoms with Gasteiger partial charge in [-0.1, -0.05) is 12.1 Å². The molecule has 2 atom stereocenters. The molecule has 2 unspecified atom stereocenters. The number of nitrogens with zero attached hydrogens (tertiary/aromatic N) is 3. The van der Waals surface area contributed by atoms with Gasteiger partial charge in [-0.3, -0.25) is 9.48 Å². The highest BCUT2D eigenvalue weighted by atomic mass is 35.5. The molecule has 8 heteroatoms. The summed E-state index contributed by atoms with van der Waals surface area (Å²) in [6.45, 7) is 5.93. The van der Waals surface area contributed by atoms with Crippen LogP contribution in [0, 0.1) is 18.7 Å². The van der Waals surface area contributed by atoms with Gasteiger partial charge in [-0.25, -0.2) is 4.39 Å². The Morgan fingerprint density at radius 3 is 2.71 bits per heavy atom. The number of hydrogen-bond acceptors (Lipinski definition) is 4. The van der Waals surface area contributed by atoms with E-state index < -0.39 is 0 Å². The molecule has 28 heavy (non-hydrogen) atoms. The van der Waals surface area contributed by atoms with Crippen LogP contribution in [-0.4, -0.2) is 39.7 Å². The molecule has 0 saturated carbocycles. The summed E-state index contributed by atoms with van der Waals surface area (Å²) in [7, 11) is 0. The Labute approximate surface area is 173 Å². The SMILES string of the molecule is Cc1nn(Cc2ccc(F)cc2)c2sc(C(=O)N3CC(CN)CC3C)cc12.Cl. The van der Waals surface area contributed by atoms with Crippen molar-refractivity contribution >= 4 is 39.9 Å². The fourth-order valence-corrected chi connectivity index (χ4v) is 4.94. The fourth-order valence-electron chi connectivity index (χ4n) is 3.83. The molecule has 1 aliphatic heterocycles. The minimum absolute atomic E-state index is 0. The summed E-state index contributed by atoms with van der Waals surface area (Å²) in [5.41, 5.74) is 7.67. The third kappa shape index (κ3) is 3.79. The van der Waals surface area contributed by atoms with Gasteiger partial charge in [0.1, 0.15) is 10.6 Å². The average Bonchev–Trinajstić information content (AvgIpc) is 3.32. The number of benzene rings is 1. The molecule has 0 spiro atoms. The standard InChI is InChI=1S/C20H23FN4OS.ClH/c1-12-7-15(9-22)10-24(12)19(26)18-8-17-13(2)23-25(20(17)27-18)11-14-3-5-16(21)6-4-14;/h3-6,8,12,15H,7,9-11,22H2,1-2H3;1H. The summed E-state index contributed by atoms with van der Waals surface area (Å²) in [5, 5.41) is 5.60. The normalized spacial score (nSPS) is 19.2. The Bertz CT molecular complexity index is 984. The maximum atomic E-state index is 13.1. The molecule has 5 nitrogen and oxygen atoms in total. The Morgan fingerprint density at radius 1 is 1.36 bits per heavy atom. The molecule has 1 amide bonds. The van der Waals surface area contributed by atoms with Crippen LogP contribution in [0.25, 0.3) is 10.2 Å². The quantitative estimate of drug-likeness (QED) is 0.695. The van der Waals surface area contributed by atoms with Crippen LogP contribution in [0.5, 0.6) is 0 Å². The van der Waals surface area contributed by atoms with E-state index in [1.807, 2.05) is 22.6 Å². The molecule has 1 aromatic carbocycles. The van der Waals surface area contributed by atoms with Crippen LogP contribution in [-0.2, 0) is 6.54 Å². The Balaban J connectivity index is 0.00000225. The molecule has 3 aromatic rings. The molecule has 4 rings (SSSR count).